The molecule has 0 saturated heterocycles. The predicted octanol–water partition coefficient (Wildman–Crippen LogP) is 1.66. The molecule has 2 heterocycles. The van der Waals surface area contributed by atoms with Gasteiger partial charge in [-0.2, -0.15) is 0 Å². The summed E-state index contributed by atoms with van der Waals surface area (Å²) in [6, 6.07) is 1.79. The molecular weight excluding hydrogens is 266 g/mol. The summed E-state index contributed by atoms with van der Waals surface area (Å²) in [6.45, 7) is 0. The van der Waals surface area contributed by atoms with E-state index in [1.807, 2.05) is 0 Å². The quantitative estimate of drug-likeness (QED) is 0.471. The van der Waals surface area contributed by atoms with Crippen LogP contribution in [0.4, 0.5) is 0 Å². The van der Waals surface area contributed by atoms with Crippen molar-refractivity contribution < 1.29 is 4.79 Å². The van der Waals surface area contributed by atoms with Gasteiger partial charge in [-0.05, 0) is 22.0 Å². The van der Waals surface area contributed by atoms with Gasteiger partial charge in [0.2, 0.25) is 0 Å². The number of carbonyl (C=O) groups is 1. The molecule has 2 aromatic rings. The molecule has 3 N–H and O–H groups in total. The van der Waals surface area contributed by atoms with Gasteiger partial charge in [-0.25, -0.2) is 5.84 Å². The van der Waals surface area contributed by atoms with E-state index in [0.29, 0.717) is 4.88 Å². The number of halogens is 1. The van der Waals surface area contributed by atoms with E-state index in [1.54, 1.807) is 18.5 Å². The maximum Gasteiger partial charge on any atom is 0.275 e. The summed E-state index contributed by atoms with van der Waals surface area (Å²) in [5.74, 6) is 4.76. The second-order valence-corrected chi connectivity index (χ2v) is 4.56. The standard InChI is InChI=1S/C8H6BrN3OS/c9-5-2-11-3-7-4(5)1-6(14-7)8(13)12-10/h1-3H,10H2,(H,12,13). The van der Waals surface area contributed by atoms with Crippen molar-refractivity contribution in [3.63, 3.8) is 0 Å². The van der Waals surface area contributed by atoms with Crippen molar-refractivity contribution in [1.82, 2.24) is 10.4 Å². The van der Waals surface area contributed by atoms with E-state index in [4.69, 9.17) is 5.84 Å². The molecule has 0 radical (unpaired) electrons. The van der Waals surface area contributed by atoms with Gasteiger partial charge in [0.15, 0.2) is 0 Å². The third kappa shape index (κ3) is 1.52. The number of aromatic nitrogens is 1. The summed E-state index contributed by atoms with van der Waals surface area (Å²) < 4.78 is 1.83. The van der Waals surface area contributed by atoms with Crippen molar-refractivity contribution in [1.29, 1.82) is 0 Å². The molecule has 6 heteroatoms. The van der Waals surface area contributed by atoms with Crippen LogP contribution in [0.25, 0.3) is 10.1 Å². The fourth-order valence-corrected chi connectivity index (χ4v) is 2.65. The minimum Gasteiger partial charge on any atom is -0.289 e. The smallest absolute Gasteiger partial charge is 0.275 e. The van der Waals surface area contributed by atoms with Gasteiger partial charge in [0.25, 0.3) is 5.91 Å². The fraction of sp³-hybridized carbons (Fsp3) is 0. The van der Waals surface area contributed by atoms with Crippen LogP contribution in [0, 0.1) is 0 Å². The Morgan fingerprint density at radius 2 is 2.36 bits per heavy atom. The van der Waals surface area contributed by atoms with E-state index >= 15 is 0 Å². The lowest BCUT2D eigenvalue weighted by molar-refractivity contribution is 0.0958. The highest BCUT2D eigenvalue weighted by Crippen LogP contribution is 2.30. The van der Waals surface area contributed by atoms with E-state index in [1.165, 1.54) is 11.3 Å². The predicted molar refractivity (Wildman–Crippen MR) is 59.0 cm³/mol. The van der Waals surface area contributed by atoms with Gasteiger partial charge in [-0.3, -0.25) is 15.2 Å². The lowest BCUT2D eigenvalue weighted by Crippen LogP contribution is -2.29. The van der Waals surface area contributed by atoms with E-state index in [0.717, 1.165) is 14.6 Å². The van der Waals surface area contributed by atoms with Crippen molar-refractivity contribution in [2.24, 2.45) is 5.84 Å². The number of hydrogen-bond donors (Lipinski definition) is 2. The van der Waals surface area contributed by atoms with Crippen LogP contribution >= 0.6 is 27.3 Å². The summed E-state index contributed by atoms with van der Waals surface area (Å²) in [5, 5.41) is 0.976. The van der Waals surface area contributed by atoms with Gasteiger partial charge in [0.05, 0.1) is 9.58 Å². The number of nitrogens with one attached hydrogen (secondary N) is 1. The van der Waals surface area contributed by atoms with E-state index in [2.05, 4.69) is 26.3 Å². The second kappa shape index (κ2) is 3.64. The molecule has 0 aliphatic carbocycles. The van der Waals surface area contributed by atoms with Crippen LogP contribution in [-0.4, -0.2) is 10.9 Å². The lowest BCUT2D eigenvalue weighted by atomic mass is 10.3. The summed E-state index contributed by atoms with van der Waals surface area (Å²) in [4.78, 5) is 15.8. The number of thiophene rings is 1. The highest BCUT2D eigenvalue weighted by atomic mass is 79.9. The molecule has 72 valence electrons. The molecule has 14 heavy (non-hydrogen) atoms. The van der Waals surface area contributed by atoms with Crippen LogP contribution in [0.1, 0.15) is 9.67 Å². The third-order valence-electron chi connectivity index (χ3n) is 1.75. The SMILES string of the molecule is NNC(=O)c1cc2c(Br)cncc2s1. The number of nitrogens with two attached hydrogens (primary N) is 1. The molecule has 0 fully saturated rings. The van der Waals surface area contributed by atoms with Crippen molar-refractivity contribution in [2.45, 2.75) is 0 Å². The Labute approximate surface area is 92.2 Å². The minimum absolute atomic E-state index is 0.280. The number of rotatable bonds is 1. The van der Waals surface area contributed by atoms with Crippen LogP contribution in [0.2, 0.25) is 0 Å². The van der Waals surface area contributed by atoms with Gasteiger partial charge in [0.1, 0.15) is 0 Å². The first-order valence-electron chi connectivity index (χ1n) is 3.76. The highest BCUT2D eigenvalue weighted by molar-refractivity contribution is 9.10. The van der Waals surface area contributed by atoms with Crippen LogP contribution in [-0.2, 0) is 0 Å². The molecule has 0 spiro atoms. The summed E-state index contributed by atoms with van der Waals surface area (Å²) >= 11 is 4.72. The topological polar surface area (TPSA) is 68.0 Å². The summed E-state index contributed by atoms with van der Waals surface area (Å²) in [6.07, 6.45) is 3.41. The zero-order valence-electron chi connectivity index (χ0n) is 6.95. The minimum atomic E-state index is -0.280. The number of amides is 1. The first kappa shape index (κ1) is 9.57. The number of nitrogens with zero attached hydrogens (tertiary/aromatic N) is 1. The van der Waals surface area contributed by atoms with Crippen molar-refractivity contribution in [3.8, 4) is 0 Å². The monoisotopic (exact) mass is 271 g/mol. The number of hydrazine groups is 1. The van der Waals surface area contributed by atoms with Gasteiger partial charge >= 0.3 is 0 Å². The Bertz CT molecular complexity index is 496. The van der Waals surface area contributed by atoms with Crippen LogP contribution in [0.5, 0.6) is 0 Å². The maximum atomic E-state index is 11.2. The average Bonchev–Trinajstić information content (AvgIpc) is 2.62. The molecule has 0 aliphatic heterocycles. The molecule has 4 nitrogen and oxygen atoms in total. The Morgan fingerprint density at radius 1 is 1.57 bits per heavy atom. The lowest BCUT2D eigenvalue weighted by Gasteiger charge is -1.91. The number of nitrogen functional groups attached to an aromatic ring is 1. The highest BCUT2D eigenvalue weighted by Gasteiger charge is 2.10. The van der Waals surface area contributed by atoms with E-state index in [9.17, 15) is 4.79 Å². The van der Waals surface area contributed by atoms with Crippen LogP contribution in [0.15, 0.2) is 22.9 Å². The molecule has 1 amide bonds. The molecule has 0 unspecified atom stereocenters. The van der Waals surface area contributed by atoms with Gasteiger partial charge in [-0.15, -0.1) is 11.3 Å². The maximum absolute atomic E-state index is 11.2. The molecule has 0 aliphatic rings. The molecule has 2 rings (SSSR count). The van der Waals surface area contributed by atoms with Crippen molar-refractivity contribution in [2.75, 3.05) is 0 Å². The summed E-state index contributed by atoms with van der Waals surface area (Å²) in [5.41, 5.74) is 2.10. The van der Waals surface area contributed by atoms with Gasteiger partial charge in [0, 0.05) is 22.3 Å². The van der Waals surface area contributed by atoms with E-state index < -0.39 is 0 Å². The number of fused-ring (bicyclic) bond motifs is 1. The van der Waals surface area contributed by atoms with E-state index in [-0.39, 0.29) is 5.91 Å². The van der Waals surface area contributed by atoms with Crippen LogP contribution in [0.3, 0.4) is 0 Å². The molecule has 2 aromatic heterocycles. The molecule has 0 bridgehead atoms. The normalized spacial score (nSPS) is 10.4. The molecule has 0 aromatic carbocycles. The van der Waals surface area contributed by atoms with Gasteiger partial charge < -0.3 is 0 Å². The molecule has 0 saturated carbocycles. The van der Waals surface area contributed by atoms with Crippen LogP contribution < -0.4 is 11.3 Å². The van der Waals surface area contributed by atoms with Crippen molar-refractivity contribution >= 4 is 43.3 Å². The Balaban J connectivity index is 2.62. The second-order valence-electron chi connectivity index (χ2n) is 2.62. The zero-order valence-corrected chi connectivity index (χ0v) is 9.35. The average molecular weight is 272 g/mol. The largest absolute Gasteiger partial charge is 0.289 e. The Morgan fingerprint density at radius 3 is 3.00 bits per heavy atom. The number of hydrogen-bond acceptors (Lipinski definition) is 4. The first-order valence-corrected chi connectivity index (χ1v) is 5.37. The Hall–Kier alpha value is -0.980. The zero-order chi connectivity index (χ0) is 10.1. The Kier molecular flexibility index (Phi) is 2.49. The number of carbonyl (C=O) groups excluding carboxylic acids is 1. The van der Waals surface area contributed by atoms with Crippen molar-refractivity contribution in [3.05, 3.63) is 27.8 Å². The third-order valence-corrected chi connectivity index (χ3v) is 3.45. The van der Waals surface area contributed by atoms with Gasteiger partial charge in [-0.1, -0.05) is 0 Å². The fourth-order valence-electron chi connectivity index (χ4n) is 1.11. The first-order chi connectivity index (χ1) is 6.72. The number of pyridine rings is 1. The molecule has 0 atom stereocenters. The molecular formula is C8H6BrN3OS. The summed E-state index contributed by atoms with van der Waals surface area (Å²) in [7, 11) is 0.